The van der Waals surface area contributed by atoms with Gasteiger partial charge in [0.05, 0.1) is 7.11 Å². The third-order valence-electron chi connectivity index (χ3n) is 6.13. The molecular formula is C24H32N4O3. The number of amides is 1. The molecule has 2 saturated heterocycles. The second kappa shape index (κ2) is 10.1. The van der Waals surface area contributed by atoms with Gasteiger partial charge in [-0.2, -0.15) is 0 Å². The van der Waals surface area contributed by atoms with Gasteiger partial charge in [-0.15, -0.1) is 0 Å². The number of hydrogen-bond donors (Lipinski definition) is 1. The summed E-state index contributed by atoms with van der Waals surface area (Å²) in [5.41, 5.74) is 2.20. The molecule has 166 valence electrons. The van der Waals surface area contributed by atoms with Crippen molar-refractivity contribution >= 4 is 11.7 Å². The van der Waals surface area contributed by atoms with Crippen LogP contribution in [0.15, 0.2) is 30.3 Å². The number of anilines is 1. The number of likely N-dealkylation sites (tertiary alicyclic amines) is 1. The van der Waals surface area contributed by atoms with Gasteiger partial charge in [0.1, 0.15) is 23.5 Å². The highest BCUT2D eigenvalue weighted by Gasteiger charge is 2.31. The van der Waals surface area contributed by atoms with Gasteiger partial charge in [-0.25, -0.2) is 9.97 Å². The van der Waals surface area contributed by atoms with Gasteiger partial charge in [-0.1, -0.05) is 12.1 Å². The Morgan fingerprint density at radius 2 is 2.06 bits per heavy atom. The summed E-state index contributed by atoms with van der Waals surface area (Å²) in [5.74, 6) is 3.18. The summed E-state index contributed by atoms with van der Waals surface area (Å²) in [4.78, 5) is 23.7. The quantitative estimate of drug-likeness (QED) is 0.734. The highest BCUT2D eigenvalue weighted by molar-refractivity contribution is 5.81. The van der Waals surface area contributed by atoms with Gasteiger partial charge in [-0.3, -0.25) is 4.79 Å². The van der Waals surface area contributed by atoms with Crippen LogP contribution in [0.2, 0.25) is 0 Å². The Labute approximate surface area is 184 Å². The lowest BCUT2D eigenvalue weighted by atomic mass is 9.91. The Morgan fingerprint density at radius 1 is 1.23 bits per heavy atom. The topological polar surface area (TPSA) is 76.6 Å². The van der Waals surface area contributed by atoms with Crippen LogP contribution in [0, 0.1) is 12.8 Å². The van der Waals surface area contributed by atoms with E-state index in [9.17, 15) is 4.79 Å². The standard InChI is InChI=1S/C24H32N4O3/c1-17-26-20(15-23(27-17)25-16-19-5-3-6-21(14-19)30-2)13-18-8-10-28(11-9-18)24(29)22-7-4-12-31-22/h3,5-6,14-15,18,22H,4,7-13,16H2,1-2H3,(H,25,26,27)/t22-/m1/s1. The third-order valence-corrected chi connectivity index (χ3v) is 6.13. The first-order valence-electron chi connectivity index (χ1n) is 11.2. The first kappa shape index (κ1) is 21.6. The molecule has 3 heterocycles. The van der Waals surface area contributed by atoms with Crippen LogP contribution in [0.5, 0.6) is 5.75 Å². The van der Waals surface area contributed by atoms with Crippen molar-refractivity contribution in [2.24, 2.45) is 5.92 Å². The van der Waals surface area contributed by atoms with Gasteiger partial charge in [0.2, 0.25) is 0 Å². The average Bonchev–Trinajstić information content (AvgIpc) is 3.32. The molecule has 7 heteroatoms. The second-order valence-electron chi connectivity index (χ2n) is 8.47. The van der Waals surface area contributed by atoms with Gasteiger partial charge < -0.3 is 19.7 Å². The van der Waals surface area contributed by atoms with Crippen molar-refractivity contribution in [3.05, 3.63) is 47.4 Å². The van der Waals surface area contributed by atoms with Crippen LogP contribution in [-0.4, -0.2) is 53.7 Å². The first-order chi connectivity index (χ1) is 15.1. The van der Waals surface area contributed by atoms with Gasteiger partial charge in [0.25, 0.3) is 5.91 Å². The second-order valence-corrected chi connectivity index (χ2v) is 8.47. The third kappa shape index (κ3) is 5.73. The Morgan fingerprint density at radius 3 is 2.81 bits per heavy atom. The molecule has 0 aliphatic carbocycles. The van der Waals surface area contributed by atoms with Crippen molar-refractivity contribution in [2.45, 2.75) is 51.7 Å². The zero-order valence-electron chi connectivity index (χ0n) is 18.5. The summed E-state index contributed by atoms with van der Waals surface area (Å²) in [7, 11) is 1.68. The van der Waals surface area contributed by atoms with Crippen LogP contribution in [0.25, 0.3) is 0 Å². The smallest absolute Gasteiger partial charge is 0.251 e. The highest BCUT2D eigenvalue weighted by Crippen LogP contribution is 2.24. The van der Waals surface area contributed by atoms with Gasteiger partial charge >= 0.3 is 0 Å². The van der Waals surface area contributed by atoms with Crippen molar-refractivity contribution in [3.8, 4) is 5.75 Å². The molecule has 0 unspecified atom stereocenters. The SMILES string of the molecule is COc1cccc(CNc2cc(CC3CCN(C(=O)[C@H]4CCCO4)CC3)nc(C)n2)c1. The van der Waals surface area contributed by atoms with E-state index in [2.05, 4.69) is 27.4 Å². The van der Waals surface area contributed by atoms with Crippen LogP contribution >= 0.6 is 0 Å². The molecule has 1 atom stereocenters. The first-order valence-corrected chi connectivity index (χ1v) is 11.2. The number of hydrogen-bond acceptors (Lipinski definition) is 6. The minimum absolute atomic E-state index is 0.179. The Bertz CT molecular complexity index is 890. The predicted molar refractivity (Wildman–Crippen MR) is 119 cm³/mol. The maximum Gasteiger partial charge on any atom is 0.251 e. The molecule has 2 aliphatic heterocycles. The van der Waals surface area contributed by atoms with Crippen LogP contribution in [-0.2, 0) is 22.5 Å². The summed E-state index contributed by atoms with van der Waals surface area (Å²) >= 11 is 0. The lowest BCUT2D eigenvalue weighted by molar-refractivity contribution is -0.142. The number of ether oxygens (including phenoxy) is 2. The zero-order chi connectivity index (χ0) is 21.6. The number of piperidine rings is 1. The molecule has 1 aromatic carbocycles. The molecular weight excluding hydrogens is 392 g/mol. The summed E-state index contributed by atoms with van der Waals surface area (Å²) in [6.07, 6.45) is 4.58. The molecule has 4 rings (SSSR count). The molecule has 2 fully saturated rings. The molecule has 0 saturated carbocycles. The maximum absolute atomic E-state index is 12.5. The highest BCUT2D eigenvalue weighted by atomic mass is 16.5. The van der Waals surface area contributed by atoms with E-state index in [0.717, 1.165) is 73.8 Å². The number of nitrogens with one attached hydrogen (secondary N) is 1. The number of carbonyl (C=O) groups is 1. The normalized spacial score (nSPS) is 19.4. The number of nitrogens with zero attached hydrogens (tertiary/aromatic N) is 3. The van der Waals surface area contributed by atoms with Crippen LogP contribution < -0.4 is 10.1 Å². The van der Waals surface area contributed by atoms with E-state index in [1.54, 1.807) is 7.11 Å². The molecule has 0 spiro atoms. The van der Waals surface area contributed by atoms with E-state index in [-0.39, 0.29) is 12.0 Å². The molecule has 0 radical (unpaired) electrons. The molecule has 31 heavy (non-hydrogen) atoms. The number of aromatic nitrogens is 2. The number of benzene rings is 1. The monoisotopic (exact) mass is 424 g/mol. The summed E-state index contributed by atoms with van der Waals surface area (Å²) in [5, 5.41) is 3.41. The maximum atomic E-state index is 12.5. The molecule has 0 bridgehead atoms. The molecule has 2 aliphatic rings. The van der Waals surface area contributed by atoms with E-state index in [0.29, 0.717) is 19.1 Å². The van der Waals surface area contributed by atoms with Crippen molar-refractivity contribution in [3.63, 3.8) is 0 Å². The van der Waals surface area contributed by atoms with Gasteiger partial charge in [0, 0.05) is 38.0 Å². The van der Waals surface area contributed by atoms with Crippen LogP contribution in [0.3, 0.4) is 0 Å². The number of methoxy groups -OCH3 is 1. The van der Waals surface area contributed by atoms with Crippen molar-refractivity contribution in [1.82, 2.24) is 14.9 Å². The average molecular weight is 425 g/mol. The lowest BCUT2D eigenvalue weighted by Crippen LogP contribution is -2.44. The Kier molecular flexibility index (Phi) is 7.02. The lowest BCUT2D eigenvalue weighted by Gasteiger charge is -2.33. The van der Waals surface area contributed by atoms with E-state index in [4.69, 9.17) is 9.47 Å². The molecule has 1 amide bonds. The van der Waals surface area contributed by atoms with Crippen LogP contribution in [0.1, 0.15) is 42.8 Å². The number of carbonyl (C=O) groups excluding carboxylic acids is 1. The Balaban J connectivity index is 1.31. The van der Waals surface area contributed by atoms with E-state index in [1.807, 2.05) is 30.0 Å². The van der Waals surface area contributed by atoms with Crippen molar-refractivity contribution < 1.29 is 14.3 Å². The molecule has 7 nitrogen and oxygen atoms in total. The summed E-state index contributed by atoms with van der Waals surface area (Å²) in [6.45, 7) is 4.96. The zero-order valence-corrected chi connectivity index (χ0v) is 18.5. The van der Waals surface area contributed by atoms with Crippen LogP contribution in [0.4, 0.5) is 5.82 Å². The van der Waals surface area contributed by atoms with Gasteiger partial charge in [-0.05, 0) is 62.6 Å². The largest absolute Gasteiger partial charge is 0.497 e. The Hall–Kier alpha value is -2.67. The minimum atomic E-state index is -0.209. The van der Waals surface area contributed by atoms with Gasteiger partial charge in [0.15, 0.2) is 0 Å². The van der Waals surface area contributed by atoms with E-state index in [1.165, 1.54) is 0 Å². The van der Waals surface area contributed by atoms with Crippen molar-refractivity contribution in [1.29, 1.82) is 0 Å². The van der Waals surface area contributed by atoms with Crippen molar-refractivity contribution in [2.75, 3.05) is 32.1 Å². The molecule has 1 N–H and O–H groups in total. The molecule has 2 aromatic rings. The summed E-state index contributed by atoms with van der Waals surface area (Å²) in [6, 6.07) is 10.1. The van der Waals surface area contributed by atoms with E-state index >= 15 is 0 Å². The number of rotatable bonds is 7. The fourth-order valence-corrected chi connectivity index (χ4v) is 4.43. The fourth-order valence-electron chi connectivity index (χ4n) is 4.43. The van der Waals surface area contributed by atoms with E-state index < -0.39 is 0 Å². The summed E-state index contributed by atoms with van der Waals surface area (Å²) < 4.78 is 10.9. The minimum Gasteiger partial charge on any atom is -0.497 e. The number of aryl methyl sites for hydroxylation is 1. The fraction of sp³-hybridized carbons (Fsp3) is 0.542. The molecule has 1 aromatic heterocycles. The predicted octanol–water partition coefficient (Wildman–Crippen LogP) is 3.37.